The lowest BCUT2D eigenvalue weighted by molar-refractivity contribution is -0.960. The van der Waals surface area contributed by atoms with Gasteiger partial charge in [-0.2, -0.15) is 0 Å². The molecule has 2 fully saturated rings. The van der Waals surface area contributed by atoms with Crippen molar-refractivity contribution in [2.45, 2.75) is 39.1 Å². The van der Waals surface area contributed by atoms with Crippen LogP contribution in [0.3, 0.4) is 0 Å². The van der Waals surface area contributed by atoms with E-state index < -0.39 is 5.60 Å². The third-order valence-electron chi connectivity index (χ3n) is 5.23. The maximum absolute atomic E-state index is 12.4. The molecule has 0 saturated carbocycles. The number of likely N-dealkylation sites (N-methyl/N-ethyl adjacent to an activating group) is 1. The van der Waals surface area contributed by atoms with Crippen LogP contribution < -0.4 is 17.0 Å². The van der Waals surface area contributed by atoms with Gasteiger partial charge in [0.1, 0.15) is 12.1 Å². The van der Waals surface area contributed by atoms with Crippen LogP contribution in [0.5, 0.6) is 0 Å². The Hall–Kier alpha value is -1.11. The Morgan fingerprint density at radius 2 is 1.84 bits per heavy atom. The number of piperazine rings is 1. The lowest BCUT2D eigenvalue weighted by Gasteiger charge is -2.47. The fraction of sp³-hybridized carbons (Fsp3) is 0.632. The second-order valence-corrected chi connectivity index (χ2v) is 8.20. The number of hydrogen-bond donors (Lipinski definition) is 0. The molecule has 1 aromatic rings. The van der Waals surface area contributed by atoms with E-state index in [0.717, 1.165) is 43.8 Å². The molecule has 2 unspecified atom stereocenters. The number of fused-ring (bicyclic) bond motifs is 1. The number of nitrogens with zero attached hydrogens (tertiary/aromatic N) is 3. The van der Waals surface area contributed by atoms with Crippen molar-refractivity contribution in [2.24, 2.45) is 0 Å². The molecule has 0 N–H and O–H groups in total. The minimum atomic E-state index is -0.438. The minimum Gasteiger partial charge on any atom is -1.00 e. The van der Waals surface area contributed by atoms with E-state index in [2.05, 4.69) is 42.3 Å². The van der Waals surface area contributed by atoms with Crippen molar-refractivity contribution in [3.05, 3.63) is 35.9 Å². The van der Waals surface area contributed by atoms with Crippen molar-refractivity contribution in [2.75, 3.05) is 39.8 Å². The molecule has 2 saturated heterocycles. The lowest BCUT2D eigenvalue weighted by Crippen LogP contribution is -3.00. The molecule has 0 radical (unpaired) electrons. The average molecular weight is 412 g/mol. The summed E-state index contributed by atoms with van der Waals surface area (Å²) in [5, 5.41) is 0. The molecule has 3 rings (SSSR count). The Balaban J connectivity index is 0.00000225. The van der Waals surface area contributed by atoms with Crippen molar-refractivity contribution < 1.29 is 31.0 Å². The number of quaternary nitrogens is 1. The molecular weight excluding hydrogens is 382 g/mol. The van der Waals surface area contributed by atoms with E-state index in [1.54, 1.807) is 0 Å². The van der Waals surface area contributed by atoms with Crippen LogP contribution >= 0.6 is 0 Å². The van der Waals surface area contributed by atoms with E-state index >= 15 is 0 Å². The molecule has 6 heteroatoms. The molecule has 5 nitrogen and oxygen atoms in total. The number of ether oxygens (including phenoxy) is 1. The van der Waals surface area contributed by atoms with E-state index in [1.165, 1.54) is 5.56 Å². The molecule has 2 aliphatic rings. The molecule has 2 atom stereocenters. The van der Waals surface area contributed by atoms with Crippen molar-refractivity contribution >= 4 is 6.09 Å². The van der Waals surface area contributed by atoms with Gasteiger partial charge in [0, 0.05) is 5.56 Å². The van der Waals surface area contributed by atoms with Crippen LogP contribution in [0.15, 0.2) is 30.3 Å². The summed E-state index contributed by atoms with van der Waals surface area (Å²) in [5.74, 6) is 0. The first-order valence-corrected chi connectivity index (χ1v) is 8.87. The van der Waals surface area contributed by atoms with Gasteiger partial charge in [0.2, 0.25) is 0 Å². The fourth-order valence-corrected chi connectivity index (χ4v) is 3.96. The number of amides is 1. The molecule has 0 bridgehead atoms. The van der Waals surface area contributed by atoms with E-state index in [9.17, 15) is 4.79 Å². The highest BCUT2D eigenvalue weighted by molar-refractivity contribution is 5.68. The van der Waals surface area contributed by atoms with Crippen molar-refractivity contribution in [1.29, 1.82) is 0 Å². The first-order chi connectivity index (χ1) is 11.3. The minimum absolute atomic E-state index is 0. The smallest absolute Gasteiger partial charge is 0.410 e. The van der Waals surface area contributed by atoms with E-state index in [1.807, 2.05) is 25.7 Å². The maximum atomic E-state index is 12.4. The molecule has 25 heavy (non-hydrogen) atoms. The lowest BCUT2D eigenvalue weighted by atomic mass is 10.1. The molecule has 2 heterocycles. The Kier molecular flexibility index (Phi) is 6.17. The number of rotatable bonds is 2. The van der Waals surface area contributed by atoms with Crippen molar-refractivity contribution in [3.8, 4) is 0 Å². The summed E-state index contributed by atoms with van der Waals surface area (Å²) in [6.07, 6.45) is 0.173. The van der Waals surface area contributed by atoms with Crippen molar-refractivity contribution in [3.63, 3.8) is 0 Å². The highest BCUT2D eigenvalue weighted by Gasteiger charge is 2.50. The highest BCUT2D eigenvalue weighted by atomic mass is 79.9. The first kappa shape index (κ1) is 20.2. The van der Waals surface area contributed by atoms with Gasteiger partial charge in [0.05, 0.1) is 32.7 Å². The Morgan fingerprint density at radius 1 is 1.20 bits per heavy atom. The predicted molar refractivity (Wildman–Crippen MR) is 94.4 cm³/mol. The predicted octanol–water partition coefficient (Wildman–Crippen LogP) is -0.470. The zero-order valence-electron chi connectivity index (χ0n) is 15.7. The van der Waals surface area contributed by atoms with E-state index in [4.69, 9.17) is 4.74 Å². The Morgan fingerprint density at radius 3 is 2.48 bits per heavy atom. The fourth-order valence-electron chi connectivity index (χ4n) is 3.96. The topological polar surface area (TPSA) is 32.8 Å². The Labute approximate surface area is 161 Å². The zero-order valence-corrected chi connectivity index (χ0v) is 17.3. The molecular formula is C19H30BrN3O2. The number of halogens is 1. The number of hydrogen-bond acceptors (Lipinski definition) is 3. The van der Waals surface area contributed by atoms with E-state index in [0.29, 0.717) is 6.17 Å². The quantitative estimate of drug-likeness (QED) is 0.616. The van der Waals surface area contributed by atoms with Crippen LogP contribution in [0.2, 0.25) is 0 Å². The number of carbonyl (C=O) groups is 1. The van der Waals surface area contributed by atoms with Gasteiger partial charge in [-0.05, 0) is 27.8 Å². The van der Waals surface area contributed by atoms with Gasteiger partial charge >= 0.3 is 6.09 Å². The summed E-state index contributed by atoms with van der Waals surface area (Å²) in [4.78, 5) is 16.7. The molecule has 1 aromatic carbocycles. The van der Waals surface area contributed by atoms with Gasteiger partial charge in [-0.3, -0.25) is 9.80 Å². The second-order valence-electron chi connectivity index (χ2n) is 8.20. The van der Waals surface area contributed by atoms with Gasteiger partial charge in [-0.1, -0.05) is 30.3 Å². The molecule has 0 aromatic heterocycles. The monoisotopic (exact) mass is 411 g/mol. The van der Waals surface area contributed by atoms with Gasteiger partial charge in [0.25, 0.3) is 0 Å². The van der Waals surface area contributed by atoms with E-state index in [-0.39, 0.29) is 23.1 Å². The van der Waals surface area contributed by atoms with Crippen LogP contribution in [0.25, 0.3) is 0 Å². The summed E-state index contributed by atoms with van der Waals surface area (Å²) >= 11 is 0. The highest BCUT2D eigenvalue weighted by Crippen LogP contribution is 2.31. The van der Waals surface area contributed by atoms with Crippen LogP contribution in [0.4, 0.5) is 4.79 Å². The van der Waals surface area contributed by atoms with Crippen molar-refractivity contribution in [1.82, 2.24) is 9.80 Å². The molecule has 140 valence electrons. The summed E-state index contributed by atoms with van der Waals surface area (Å²) in [6, 6.07) is 10.7. The average Bonchev–Trinajstić information content (AvgIpc) is 2.83. The van der Waals surface area contributed by atoms with Gasteiger partial charge < -0.3 is 26.2 Å². The Bertz CT molecular complexity index is 590. The molecule has 1 amide bonds. The van der Waals surface area contributed by atoms with Gasteiger partial charge in [0.15, 0.2) is 6.17 Å². The van der Waals surface area contributed by atoms with Crippen LogP contribution in [0.1, 0.15) is 26.3 Å². The molecule has 0 aliphatic carbocycles. The van der Waals surface area contributed by atoms with Crippen LogP contribution in [-0.2, 0) is 11.3 Å². The molecule has 2 aliphatic heterocycles. The standard InChI is InChI=1S/C19H30N3O2.BrH/c1-19(2,3)24-18(23)21-11-13-22(12-10-20(4)17(22)14-21)15-16-8-6-5-7-9-16;/h5-9,17H,10-15H2,1-4H3;1H/q+1;/p-1. The van der Waals surface area contributed by atoms with Crippen LogP contribution in [0, 0.1) is 0 Å². The molecule has 0 spiro atoms. The summed E-state index contributed by atoms with van der Waals surface area (Å²) in [7, 11) is 2.17. The second kappa shape index (κ2) is 7.64. The summed E-state index contributed by atoms with van der Waals surface area (Å²) in [5.41, 5.74) is 0.940. The van der Waals surface area contributed by atoms with Gasteiger partial charge in [-0.25, -0.2) is 4.79 Å². The normalized spacial score (nSPS) is 26.7. The number of benzene rings is 1. The largest absolute Gasteiger partial charge is 1.00 e. The SMILES string of the molecule is CN1CC[N+]2(Cc3ccccc3)CCN(C(=O)OC(C)(C)C)CC12.[Br-]. The summed E-state index contributed by atoms with van der Waals surface area (Å²) in [6.45, 7) is 11.5. The van der Waals surface area contributed by atoms with Crippen LogP contribution in [-0.4, -0.2) is 71.9 Å². The maximum Gasteiger partial charge on any atom is 0.410 e. The van der Waals surface area contributed by atoms with Gasteiger partial charge in [-0.15, -0.1) is 0 Å². The third kappa shape index (κ3) is 4.54. The first-order valence-electron chi connectivity index (χ1n) is 8.87. The third-order valence-corrected chi connectivity index (χ3v) is 5.23. The summed E-state index contributed by atoms with van der Waals surface area (Å²) < 4.78 is 6.63. The number of carbonyl (C=O) groups excluding carboxylic acids is 1. The zero-order chi connectivity index (χ0) is 17.4.